The van der Waals surface area contributed by atoms with Gasteiger partial charge in [-0.3, -0.25) is 4.79 Å². The third-order valence-electron chi connectivity index (χ3n) is 1.46. The van der Waals surface area contributed by atoms with Crippen LogP contribution in [-0.4, -0.2) is 12.1 Å². The molecule has 13 heavy (non-hydrogen) atoms. The van der Waals surface area contributed by atoms with Gasteiger partial charge in [-0.15, -0.1) is 0 Å². The summed E-state index contributed by atoms with van der Waals surface area (Å²) < 4.78 is 41.2. The maximum absolute atomic E-state index is 12.8. The Morgan fingerprint density at radius 1 is 1.54 bits per heavy atom. The molecule has 0 amide bonds. The average Bonchev–Trinajstić information content (AvgIpc) is 2.09. The van der Waals surface area contributed by atoms with E-state index in [2.05, 4.69) is 4.74 Å². The van der Waals surface area contributed by atoms with Crippen LogP contribution in [0.15, 0.2) is 11.0 Å². The summed E-state index contributed by atoms with van der Waals surface area (Å²) in [5.41, 5.74) is -2.19. The highest BCUT2D eigenvalue weighted by Crippen LogP contribution is 2.18. The maximum Gasteiger partial charge on any atom is 0.281 e. The molecule has 0 saturated carbocycles. The van der Waals surface area contributed by atoms with Gasteiger partial charge in [0.15, 0.2) is 11.6 Å². The lowest BCUT2D eigenvalue weighted by atomic mass is 10.3. The summed E-state index contributed by atoms with van der Waals surface area (Å²) in [6.45, 7) is 0. The number of nitrogens with one attached hydrogen (secondary N) is 1. The summed E-state index contributed by atoms with van der Waals surface area (Å²) >= 11 is 0. The predicted octanol–water partition coefficient (Wildman–Crippen LogP) is 1.46. The fourth-order valence-corrected chi connectivity index (χ4v) is 0.813. The molecule has 1 rings (SSSR count). The van der Waals surface area contributed by atoms with Crippen molar-refractivity contribution in [2.75, 3.05) is 7.11 Å². The molecule has 0 bridgehead atoms. The molecule has 0 unspecified atom stereocenters. The fourth-order valence-electron chi connectivity index (χ4n) is 0.813. The van der Waals surface area contributed by atoms with Crippen LogP contribution in [-0.2, 0) is 0 Å². The summed E-state index contributed by atoms with van der Waals surface area (Å²) in [4.78, 5) is 12.8. The molecular formula is C7H6F3NO2. The number of ether oxygens (including phenoxy) is 1. The second-order valence-corrected chi connectivity index (χ2v) is 2.21. The summed E-state index contributed by atoms with van der Waals surface area (Å²) in [5.74, 6) is -1.84. The molecule has 1 heterocycles. The SMILES string of the molecule is COc1c[nH]c(C(F)F)c(F)c1=O. The van der Waals surface area contributed by atoms with Gasteiger partial charge in [-0.25, -0.2) is 13.2 Å². The Morgan fingerprint density at radius 2 is 2.15 bits per heavy atom. The first kappa shape index (κ1) is 9.63. The van der Waals surface area contributed by atoms with Gasteiger partial charge in [0.2, 0.25) is 0 Å². The van der Waals surface area contributed by atoms with Crippen LogP contribution in [0.5, 0.6) is 5.75 Å². The van der Waals surface area contributed by atoms with E-state index in [0.29, 0.717) is 0 Å². The van der Waals surface area contributed by atoms with Crippen LogP contribution in [0, 0.1) is 5.82 Å². The van der Waals surface area contributed by atoms with Crippen LogP contribution in [0.4, 0.5) is 13.2 Å². The molecule has 0 radical (unpaired) electrons. The van der Waals surface area contributed by atoms with Crippen molar-refractivity contribution in [2.24, 2.45) is 0 Å². The van der Waals surface area contributed by atoms with E-state index in [1.165, 1.54) is 0 Å². The van der Waals surface area contributed by atoms with Crippen molar-refractivity contribution in [3.05, 3.63) is 27.9 Å². The quantitative estimate of drug-likeness (QED) is 0.772. The number of alkyl halides is 2. The lowest BCUT2D eigenvalue weighted by molar-refractivity contribution is 0.140. The Morgan fingerprint density at radius 3 is 2.62 bits per heavy atom. The molecule has 0 fully saturated rings. The van der Waals surface area contributed by atoms with Gasteiger partial charge in [0, 0.05) is 6.20 Å². The number of H-pyrrole nitrogens is 1. The number of pyridine rings is 1. The smallest absolute Gasteiger partial charge is 0.281 e. The largest absolute Gasteiger partial charge is 0.491 e. The van der Waals surface area contributed by atoms with E-state index in [0.717, 1.165) is 13.3 Å². The first-order valence-electron chi connectivity index (χ1n) is 3.31. The standard InChI is InChI=1S/C7H6F3NO2/c1-13-3-2-11-5(7(9)10)4(8)6(3)12/h2,7H,1H3,(H,11,12). The summed E-state index contributed by atoms with van der Waals surface area (Å²) in [6, 6.07) is 0. The van der Waals surface area contributed by atoms with Gasteiger partial charge < -0.3 is 9.72 Å². The normalized spacial score (nSPS) is 10.5. The second kappa shape index (κ2) is 3.51. The number of aromatic nitrogens is 1. The van der Waals surface area contributed by atoms with Crippen LogP contribution in [0.2, 0.25) is 0 Å². The van der Waals surface area contributed by atoms with Gasteiger partial charge >= 0.3 is 0 Å². The lowest BCUT2D eigenvalue weighted by Gasteiger charge is -2.03. The van der Waals surface area contributed by atoms with E-state index < -0.39 is 23.4 Å². The zero-order chi connectivity index (χ0) is 10.0. The number of hydrogen-bond donors (Lipinski definition) is 1. The summed E-state index contributed by atoms with van der Waals surface area (Å²) in [6.07, 6.45) is -2.15. The highest BCUT2D eigenvalue weighted by molar-refractivity contribution is 5.22. The molecule has 0 aromatic carbocycles. The molecule has 6 heteroatoms. The van der Waals surface area contributed by atoms with E-state index in [1.54, 1.807) is 0 Å². The molecule has 1 N–H and O–H groups in total. The van der Waals surface area contributed by atoms with Gasteiger partial charge in [-0.2, -0.15) is 0 Å². The van der Waals surface area contributed by atoms with Crippen molar-refractivity contribution in [1.82, 2.24) is 4.98 Å². The maximum atomic E-state index is 12.8. The van der Waals surface area contributed by atoms with E-state index in [9.17, 15) is 18.0 Å². The Hall–Kier alpha value is -1.46. The Kier molecular flexibility index (Phi) is 2.60. The average molecular weight is 193 g/mol. The summed E-state index contributed by atoms with van der Waals surface area (Å²) in [7, 11) is 1.14. The minimum atomic E-state index is -3.04. The van der Waals surface area contributed by atoms with E-state index in [4.69, 9.17) is 0 Å². The molecule has 0 aliphatic carbocycles. The predicted molar refractivity (Wildman–Crippen MR) is 38.5 cm³/mol. The van der Waals surface area contributed by atoms with Gasteiger partial charge in [0.05, 0.1) is 7.11 Å². The first-order chi connectivity index (χ1) is 6.07. The van der Waals surface area contributed by atoms with Crippen molar-refractivity contribution in [3.8, 4) is 5.75 Å². The molecule has 1 aromatic heterocycles. The first-order valence-corrected chi connectivity index (χ1v) is 3.31. The van der Waals surface area contributed by atoms with Crippen molar-refractivity contribution in [3.63, 3.8) is 0 Å². The van der Waals surface area contributed by atoms with Crippen LogP contribution in [0.3, 0.4) is 0 Å². The van der Waals surface area contributed by atoms with Gasteiger partial charge in [0.25, 0.3) is 11.9 Å². The van der Waals surface area contributed by atoms with E-state index in [-0.39, 0.29) is 5.75 Å². The number of halogens is 3. The van der Waals surface area contributed by atoms with Crippen molar-refractivity contribution in [1.29, 1.82) is 0 Å². The minimum absolute atomic E-state index is 0.332. The van der Waals surface area contributed by atoms with E-state index in [1.807, 2.05) is 4.98 Å². The van der Waals surface area contributed by atoms with Crippen LogP contribution >= 0.6 is 0 Å². The highest BCUT2D eigenvalue weighted by atomic mass is 19.3. The zero-order valence-electron chi connectivity index (χ0n) is 6.61. The third kappa shape index (κ3) is 1.66. The fraction of sp³-hybridized carbons (Fsp3) is 0.286. The van der Waals surface area contributed by atoms with Gasteiger partial charge in [0.1, 0.15) is 5.69 Å². The Labute approximate surface area is 71.2 Å². The lowest BCUT2D eigenvalue weighted by Crippen LogP contribution is -2.14. The molecule has 0 spiro atoms. The van der Waals surface area contributed by atoms with Gasteiger partial charge in [-0.1, -0.05) is 0 Å². The van der Waals surface area contributed by atoms with Crippen molar-refractivity contribution < 1.29 is 17.9 Å². The second-order valence-electron chi connectivity index (χ2n) is 2.21. The Bertz CT molecular complexity index is 361. The number of hydrogen-bond acceptors (Lipinski definition) is 2. The molecule has 0 aliphatic rings. The van der Waals surface area contributed by atoms with Crippen LogP contribution in [0.1, 0.15) is 12.1 Å². The molecule has 0 saturated heterocycles. The van der Waals surface area contributed by atoms with Crippen LogP contribution in [0.25, 0.3) is 0 Å². The molecular weight excluding hydrogens is 187 g/mol. The third-order valence-corrected chi connectivity index (χ3v) is 1.46. The Balaban J connectivity index is 3.32. The topological polar surface area (TPSA) is 42.1 Å². The van der Waals surface area contributed by atoms with Gasteiger partial charge in [-0.05, 0) is 0 Å². The van der Waals surface area contributed by atoms with Crippen molar-refractivity contribution >= 4 is 0 Å². The molecule has 3 nitrogen and oxygen atoms in total. The highest BCUT2D eigenvalue weighted by Gasteiger charge is 2.18. The van der Waals surface area contributed by atoms with Crippen LogP contribution < -0.4 is 10.2 Å². The molecule has 72 valence electrons. The molecule has 1 aromatic rings. The summed E-state index contributed by atoms with van der Waals surface area (Å²) in [5, 5.41) is 0. The zero-order valence-corrected chi connectivity index (χ0v) is 6.61. The number of rotatable bonds is 2. The molecule has 0 atom stereocenters. The van der Waals surface area contributed by atoms with E-state index >= 15 is 0 Å². The van der Waals surface area contributed by atoms with Crippen molar-refractivity contribution in [2.45, 2.75) is 6.43 Å². The number of aromatic amines is 1. The monoisotopic (exact) mass is 193 g/mol. The molecule has 0 aliphatic heterocycles. The number of methoxy groups -OCH3 is 1. The minimum Gasteiger partial charge on any atom is -0.491 e.